The van der Waals surface area contributed by atoms with Crippen molar-refractivity contribution in [2.45, 2.75) is 24.4 Å². The van der Waals surface area contributed by atoms with Crippen molar-refractivity contribution >= 4 is 11.8 Å². The molecule has 3 nitrogen and oxygen atoms in total. The summed E-state index contributed by atoms with van der Waals surface area (Å²) in [5, 5.41) is 9.71. The van der Waals surface area contributed by atoms with Crippen molar-refractivity contribution in [1.82, 2.24) is 14.8 Å². The maximum Gasteiger partial charge on any atom is 0.192 e. The second kappa shape index (κ2) is 7.29. The van der Waals surface area contributed by atoms with E-state index in [1.54, 1.807) is 11.8 Å². The minimum Gasteiger partial charge on any atom is -0.298 e. The predicted molar refractivity (Wildman–Crippen MR) is 96.4 cm³/mol. The molecule has 116 valence electrons. The summed E-state index contributed by atoms with van der Waals surface area (Å²) in [5.74, 6) is 1.77. The third-order valence-electron chi connectivity index (χ3n) is 3.52. The Morgan fingerprint density at radius 1 is 1.09 bits per heavy atom. The van der Waals surface area contributed by atoms with Crippen LogP contribution in [0.25, 0.3) is 11.4 Å². The van der Waals surface area contributed by atoms with Crippen molar-refractivity contribution in [2.24, 2.45) is 0 Å². The molecule has 1 heterocycles. The average molecular weight is 321 g/mol. The van der Waals surface area contributed by atoms with Gasteiger partial charge in [0.2, 0.25) is 0 Å². The van der Waals surface area contributed by atoms with Crippen LogP contribution in [0.5, 0.6) is 0 Å². The molecule has 0 aliphatic heterocycles. The number of nitrogens with zero attached hydrogens (tertiary/aromatic N) is 3. The topological polar surface area (TPSA) is 30.7 Å². The fraction of sp³-hybridized carbons (Fsp3) is 0.158. The molecule has 23 heavy (non-hydrogen) atoms. The summed E-state index contributed by atoms with van der Waals surface area (Å²) in [6.45, 7) is 6.65. The van der Waals surface area contributed by atoms with Crippen molar-refractivity contribution in [3.63, 3.8) is 0 Å². The Morgan fingerprint density at radius 3 is 2.65 bits per heavy atom. The van der Waals surface area contributed by atoms with Crippen LogP contribution in [-0.4, -0.2) is 14.8 Å². The largest absolute Gasteiger partial charge is 0.298 e. The molecule has 3 rings (SSSR count). The molecule has 0 spiro atoms. The van der Waals surface area contributed by atoms with Gasteiger partial charge in [-0.05, 0) is 18.6 Å². The van der Waals surface area contributed by atoms with Crippen LogP contribution < -0.4 is 0 Å². The summed E-state index contributed by atoms with van der Waals surface area (Å²) in [5.41, 5.74) is 3.59. The first-order valence-electron chi connectivity index (χ1n) is 7.56. The molecular formula is C19H19N3S. The number of hydrogen-bond donors (Lipinski definition) is 0. The van der Waals surface area contributed by atoms with Crippen molar-refractivity contribution in [3.05, 3.63) is 78.4 Å². The van der Waals surface area contributed by atoms with Gasteiger partial charge in [0, 0.05) is 17.9 Å². The highest BCUT2D eigenvalue weighted by Crippen LogP contribution is 2.26. The molecular weight excluding hydrogens is 302 g/mol. The fourth-order valence-corrected chi connectivity index (χ4v) is 3.31. The third kappa shape index (κ3) is 3.71. The van der Waals surface area contributed by atoms with Gasteiger partial charge < -0.3 is 0 Å². The van der Waals surface area contributed by atoms with E-state index < -0.39 is 0 Å². The number of benzene rings is 2. The summed E-state index contributed by atoms with van der Waals surface area (Å²) in [6.07, 6.45) is 1.88. The van der Waals surface area contributed by atoms with Gasteiger partial charge in [-0.1, -0.05) is 71.9 Å². The lowest BCUT2D eigenvalue weighted by Gasteiger charge is -2.08. The minimum atomic E-state index is 0.702. The zero-order valence-corrected chi connectivity index (χ0v) is 14.0. The molecule has 0 atom stereocenters. The van der Waals surface area contributed by atoms with Crippen LogP contribution in [-0.2, 0) is 12.3 Å². The second-order valence-corrected chi connectivity index (χ2v) is 6.29. The average Bonchev–Trinajstić information content (AvgIpc) is 2.97. The highest BCUT2D eigenvalue weighted by atomic mass is 32.2. The van der Waals surface area contributed by atoms with Crippen LogP contribution in [0.2, 0.25) is 0 Å². The van der Waals surface area contributed by atoms with E-state index in [0.717, 1.165) is 22.3 Å². The number of allylic oxidation sites excluding steroid dienone is 1. The smallest absolute Gasteiger partial charge is 0.192 e. The Kier molecular flexibility index (Phi) is 4.93. The molecule has 0 fully saturated rings. The lowest BCUT2D eigenvalue weighted by atomic mass is 10.1. The number of rotatable bonds is 6. The van der Waals surface area contributed by atoms with E-state index in [4.69, 9.17) is 0 Å². The van der Waals surface area contributed by atoms with E-state index in [1.165, 1.54) is 11.1 Å². The number of aromatic nitrogens is 3. The zero-order chi connectivity index (χ0) is 16.1. The zero-order valence-electron chi connectivity index (χ0n) is 13.1. The standard InChI is InChI=1S/C19H19N3S/c1-3-12-22-18(17-11-7-8-15(2)13-17)20-21-19(22)23-14-16-9-5-4-6-10-16/h3-11,13H,1,12,14H2,2H3. The molecule has 0 aliphatic rings. The summed E-state index contributed by atoms with van der Waals surface area (Å²) in [7, 11) is 0. The number of aryl methyl sites for hydroxylation is 1. The Labute approximate surface area is 141 Å². The lowest BCUT2D eigenvalue weighted by Crippen LogP contribution is -2.00. The lowest BCUT2D eigenvalue weighted by molar-refractivity contribution is 0.731. The molecule has 0 amide bonds. The maximum atomic E-state index is 4.40. The summed E-state index contributed by atoms with van der Waals surface area (Å²) in [6, 6.07) is 18.7. The molecule has 0 unspecified atom stereocenters. The maximum absolute atomic E-state index is 4.40. The van der Waals surface area contributed by atoms with E-state index in [-0.39, 0.29) is 0 Å². The van der Waals surface area contributed by atoms with Gasteiger partial charge in [-0.3, -0.25) is 4.57 Å². The quantitative estimate of drug-likeness (QED) is 0.485. The molecule has 1 aromatic heterocycles. The van der Waals surface area contributed by atoms with E-state index in [0.29, 0.717) is 6.54 Å². The molecule has 0 aliphatic carbocycles. The highest BCUT2D eigenvalue weighted by molar-refractivity contribution is 7.98. The predicted octanol–water partition coefficient (Wildman–Crippen LogP) is 4.73. The third-order valence-corrected chi connectivity index (χ3v) is 4.55. The normalized spacial score (nSPS) is 10.7. The molecule has 0 saturated heterocycles. The summed E-state index contributed by atoms with van der Waals surface area (Å²) < 4.78 is 2.12. The Balaban J connectivity index is 1.88. The molecule has 3 aromatic rings. The number of hydrogen-bond acceptors (Lipinski definition) is 3. The first-order valence-corrected chi connectivity index (χ1v) is 8.54. The van der Waals surface area contributed by atoms with Gasteiger partial charge >= 0.3 is 0 Å². The Bertz CT molecular complexity index is 793. The van der Waals surface area contributed by atoms with E-state index >= 15 is 0 Å². The number of thioether (sulfide) groups is 1. The van der Waals surface area contributed by atoms with Crippen LogP contribution in [0.1, 0.15) is 11.1 Å². The molecule has 4 heteroatoms. The second-order valence-electron chi connectivity index (χ2n) is 5.35. The minimum absolute atomic E-state index is 0.702. The van der Waals surface area contributed by atoms with Gasteiger partial charge in [0.1, 0.15) is 0 Å². The summed E-state index contributed by atoms with van der Waals surface area (Å²) in [4.78, 5) is 0. The van der Waals surface area contributed by atoms with Gasteiger partial charge in [-0.15, -0.1) is 16.8 Å². The first kappa shape index (κ1) is 15.6. The van der Waals surface area contributed by atoms with Gasteiger partial charge in [-0.25, -0.2) is 0 Å². The molecule has 0 saturated carbocycles. The molecule has 0 radical (unpaired) electrons. The van der Waals surface area contributed by atoms with Crippen LogP contribution in [0.15, 0.2) is 72.4 Å². The van der Waals surface area contributed by atoms with Crippen LogP contribution >= 0.6 is 11.8 Å². The van der Waals surface area contributed by atoms with E-state index in [2.05, 4.69) is 70.7 Å². The first-order chi connectivity index (χ1) is 11.3. The van der Waals surface area contributed by atoms with E-state index in [1.807, 2.05) is 18.2 Å². The SMILES string of the molecule is C=CCn1c(SCc2ccccc2)nnc1-c1cccc(C)c1. The summed E-state index contributed by atoms with van der Waals surface area (Å²) >= 11 is 1.70. The monoisotopic (exact) mass is 321 g/mol. The molecule has 0 bridgehead atoms. The van der Waals surface area contributed by atoms with Crippen LogP contribution in [0.4, 0.5) is 0 Å². The molecule has 2 aromatic carbocycles. The van der Waals surface area contributed by atoms with Crippen LogP contribution in [0.3, 0.4) is 0 Å². The van der Waals surface area contributed by atoms with Crippen molar-refractivity contribution in [3.8, 4) is 11.4 Å². The van der Waals surface area contributed by atoms with Gasteiger partial charge in [0.05, 0.1) is 0 Å². The van der Waals surface area contributed by atoms with Gasteiger partial charge in [0.25, 0.3) is 0 Å². The van der Waals surface area contributed by atoms with Crippen molar-refractivity contribution in [2.75, 3.05) is 0 Å². The fourth-order valence-electron chi connectivity index (χ4n) is 2.41. The van der Waals surface area contributed by atoms with Gasteiger partial charge in [-0.2, -0.15) is 0 Å². The van der Waals surface area contributed by atoms with Crippen molar-refractivity contribution in [1.29, 1.82) is 0 Å². The highest BCUT2D eigenvalue weighted by Gasteiger charge is 2.13. The molecule has 0 N–H and O–H groups in total. The van der Waals surface area contributed by atoms with Crippen molar-refractivity contribution < 1.29 is 0 Å². The Hall–Kier alpha value is -2.33. The van der Waals surface area contributed by atoms with E-state index in [9.17, 15) is 0 Å². The van der Waals surface area contributed by atoms with Crippen LogP contribution in [0, 0.1) is 6.92 Å². The Morgan fingerprint density at radius 2 is 1.91 bits per heavy atom. The van der Waals surface area contributed by atoms with Gasteiger partial charge in [0.15, 0.2) is 11.0 Å².